The van der Waals surface area contributed by atoms with Crippen LogP contribution in [0.4, 0.5) is 0 Å². The molecule has 0 radical (unpaired) electrons. The third-order valence-corrected chi connectivity index (χ3v) is 8.44. The second-order valence-corrected chi connectivity index (χ2v) is 11.6. The Kier molecular flexibility index (Phi) is 8.46. The van der Waals surface area contributed by atoms with Gasteiger partial charge in [-0.15, -0.1) is 0 Å². The fourth-order valence-corrected chi connectivity index (χ4v) is 5.81. The van der Waals surface area contributed by atoms with Gasteiger partial charge in [-0.2, -0.15) is 0 Å². The lowest BCUT2D eigenvalue weighted by molar-refractivity contribution is 0.438. The van der Waals surface area contributed by atoms with Crippen molar-refractivity contribution in [3.05, 3.63) is 126 Å². The summed E-state index contributed by atoms with van der Waals surface area (Å²) < 4.78 is 0. The number of aromatic hydroxyl groups is 8. The van der Waals surface area contributed by atoms with E-state index in [1.807, 2.05) is 0 Å². The summed E-state index contributed by atoms with van der Waals surface area (Å²) in [6.07, 6.45) is 0. The van der Waals surface area contributed by atoms with Gasteiger partial charge in [-0.1, -0.05) is 70.7 Å². The van der Waals surface area contributed by atoms with E-state index in [1.54, 1.807) is 24.3 Å². The zero-order valence-electron chi connectivity index (χ0n) is 22.2. The van der Waals surface area contributed by atoms with Crippen molar-refractivity contribution in [3.8, 4) is 46.0 Å². The van der Waals surface area contributed by atoms with Crippen molar-refractivity contribution in [1.82, 2.24) is 0 Å². The molecule has 5 aromatic carbocycles. The number of benzene rings is 5. The largest absolute Gasteiger partial charge is 0.507 e. The second kappa shape index (κ2) is 12.0. The Morgan fingerprint density at radius 1 is 0.318 bits per heavy atom. The average Bonchev–Trinajstić information content (AvgIpc) is 2.96. The molecular weight excluding hydrogens is 654 g/mol. The molecule has 0 spiro atoms. The van der Waals surface area contributed by atoms with Crippen molar-refractivity contribution in [2.45, 2.75) is 11.8 Å². The minimum Gasteiger partial charge on any atom is -0.507 e. The van der Waals surface area contributed by atoms with E-state index in [9.17, 15) is 40.9 Å². The van der Waals surface area contributed by atoms with Crippen LogP contribution in [0, 0.1) is 0 Å². The maximum absolute atomic E-state index is 10.8. The molecule has 0 aliphatic heterocycles. The number of phenolic OH excluding ortho intramolecular Hbond substituents is 8. The number of rotatable bonds is 6. The van der Waals surface area contributed by atoms with E-state index in [1.165, 1.54) is 24.3 Å². The molecule has 0 aliphatic carbocycles. The summed E-state index contributed by atoms with van der Waals surface area (Å²) in [5.74, 6) is -4.65. The van der Waals surface area contributed by atoms with Gasteiger partial charge in [-0.25, -0.2) is 0 Å². The van der Waals surface area contributed by atoms with Crippen LogP contribution >= 0.6 is 46.4 Å². The van der Waals surface area contributed by atoms with Crippen molar-refractivity contribution in [2.75, 3.05) is 0 Å². The van der Waals surface area contributed by atoms with E-state index in [0.29, 0.717) is 11.1 Å². The molecule has 0 unspecified atom stereocenters. The number of halogens is 4. The molecule has 8 nitrogen and oxygen atoms in total. The first-order valence-corrected chi connectivity index (χ1v) is 14.2. The summed E-state index contributed by atoms with van der Waals surface area (Å²) in [4.78, 5) is 0. The molecule has 0 saturated heterocycles. The van der Waals surface area contributed by atoms with E-state index in [4.69, 9.17) is 46.4 Å². The zero-order valence-corrected chi connectivity index (χ0v) is 25.2. The maximum Gasteiger partial charge on any atom is 0.137 e. The Labute approximate surface area is 270 Å². The van der Waals surface area contributed by atoms with Crippen LogP contribution in [0.5, 0.6) is 46.0 Å². The molecule has 0 saturated carbocycles. The van der Waals surface area contributed by atoms with Crippen LogP contribution in [0.1, 0.15) is 45.2 Å². The Hall–Kier alpha value is -4.34. The van der Waals surface area contributed by atoms with Crippen LogP contribution in [-0.2, 0) is 0 Å². The van der Waals surface area contributed by atoms with E-state index in [-0.39, 0.29) is 88.3 Å². The van der Waals surface area contributed by atoms with Crippen LogP contribution < -0.4 is 0 Å². The van der Waals surface area contributed by atoms with Crippen LogP contribution in [0.3, 0.4) is 0 Å². The van der Waals surface area contributed by atoms with Crippen molar-refractivity contribution >= 4 is 46.4 Å². The number of hydrogen-bond donors (Lipinski definition) is 8. The summed E-state index contributed by atoms with van der Waals surface area (Å²) >= 11 is 24.7. The van der Waals surface area contributed by atoms with Gasteiger partial charge < -0.3 is 40.9 Å². The minimum absolute atomic E-state index is 0.0665. The predicted octanol–water partition coefficient (Wildman–Crippen LogP) is 8.31. The smallest absolute Gasteiger partial charge is 0.137 e. The summed E-state index contributed by atoms with van der Waals surface area (Å²) in [5.41, 5.74) is 1.75. The fraction of sp³-hybridized carbons (Fsp3) is 0.0625. The third-order valence-electron chi connectivity index (χ3n) is 7.23. The van der Waals surface area contributed by atoms with Gasteiger partial charge in [0.1, 0.15) is 46.0 Å². The van der Waals surface area contributed by atoms with Gasteiger partial charge >= 0.3 is 0 Å². The monoisotopic (exact) mass is 674 g/mol. The molecule has 0 amide bonds. The van der Waals surface area contributed by atoms with E-state index < -0.39 is 11.8 Å². The summed E-state index contributed by atoms with van der Waals surface area (Å²) in [7, 11) is 0. The van der Waals surface area contributed by atoms with Crippen molar-refractivity contribution in [1.29, 1.82) is 0 Å². The maximum atomic E-state index is 10.8. The van der Waals surface area contributed by atoms with E-state index >= 15 is 0 Å². The van der Waals surface area contributed by atoms with Crippen LogP contribution in [0.25, 0.3) is 0 Å². The molecule has 0 fully saturated rings. The molecule has 44 heavy (non-hydrogen) atoms. The highest BCUT2D eigenvalue weighted by molar-refractivity contribution is 6.33. The minimum atomic E-state index is -0.924. The highest BCUT2D eigenvalue weighted by Crippen LogP contribution is 2.48. The quantitative estimate of drug-likeness (QED) is 0.0834. The van der Waals surface area contributed by atoms with Crippen molar-refractivity contribution < 1.29 is 40.9 Å². The molecule has 0 aromatic heterocycles. The molecule has 0 bridgehead atoms. The van der Waals surface area contributed by atoms with Gasteiger partial charge in [0, 0.05) is 58.4 Å². The average molecular weight is 676 g/mol. The van der Waals surface area contributed by atoms with E-state index in [0.717, 1.165) is 24.3 Å². The van der Waals surface area contributed by atoms with Gasteiger partial charge in [0.15, 0.2) is 0 Å². The first-order valence-electron chi connectivity index (χ1n) is 12.7. The Balaban J connectivity index is 1.72. The first kappa shape index (κ1) is 31.1. The summed E-state index contributed by atoms with van der Waals surface area (Å²) in [5, 5.41) is 83.1. The molecule has 0 atom stereocenters. The highest BCUT2D eigenvalue weighted by atomic mass is 35.5. The summed E-state index contributed by atoms with van der Waals surface area (Å²) in [6, 6.07) is 16.1. The summed E-state index contributed by atoms with van der Waals surface area (Å²) in [6.45, 7) is 0. The third kappa shape index (κ3) is 5.77. The number of phenols is 8. The Bertz CT molecular complexity index is 1660. The molecule has 5 rings (SSSR count). The normalized spacial score (nSPS) is 11.4. The molecule has 226 valence electrons. The molecule has 12 heteroatoms. The van der Waals surface area contributed by atoms with Crippen LogP contribution in [-0.4, -0.2) is 40.9 Å². The number of hydrogen-bond acceptors (Lipinski definition) is 8. The molecule has 5 aromatic rings. The molecule has 0 aliphatic rings. The van der Waals surface area contributed by atoms with Gasteiger partial charge in [-0.3, -0.25) is 0 Å². The van der Waals surface area contributed by atoms with Crippen molar-refractivity contribution in [2.24, 2.45) is 0 Å². The van der Waals surface area contributed by atoms with Gasteiger partial charge in [0.05, 0.1) is 20.1 Å². The first-order chi connectivity index (χ1) is 20.8. The molecule has 0 heterocycles. The second-order valence-electron chi connectivity index (χ2n) is 9.98. The Morgan fingerprint density at radius 2 is 0.523 bits per heavy atom. The fourth-order valence-electron chi connectivity index (χ4n) is 5.12. The zero-order chi connectivity index (χ0) is 32.0. The SMILES string of the molecule is Oc1cc(O)c(C(c2ccc(C(c3cc(Cl)c(O)cc3O)c3cc(Cl)c(O)cc3O)cc2)c2cc(Cl)c(O)cc2O)cc1Cl. The van der Waals surface area contributed by atoms with Gasteiger partial charge in [-0.05, 0) is 35.4 Å². The lowest BCUT2D eigenvalue weighted by atomic mass is 9.80. The van der Waals surface area contributed by atoms with Crippen molar-refractivity contribution in [3.63, 3.8) is 0 Å². The topological polar surface area (TPSA) is 162 Å². The standard InChI is InChI=1S/C32H22Cl4O8/c33-19-5-15(23(37)9-27(19)41)31(16-6-20(34)28(42)10-24(16)38)13-1-2-14(4-3-13)32(17-7-21(35)29(43)11-25(17)39)18-8-22(36)30(44)12-26(18)40/h1-12,31-32,37-44H. The van der Waals surface area contributed by atoms with E-state index in [2.05, 4.69) is 0 Å². The lowest BCUT2D eigenvalue weighted by Crippen LogP contribution is -2.07. The van der Waals surface area contributed by atoms with Gasteiger partial charge in [0.25, 0.3) is 0 Å². The highest BCUT2D eigenvalue weighted by Gasteiger charge is 2.28. The Morgan fingerprint density at radius 3 is 0.727 bits per heavy atom. The van der Waals surface area contributed by atoms with Crippen LogP contribution in [0.15, 0.2) is 72.8 Å². The molecular formula is C32H22Cl4O8. The predicted molar refractivity (Wildman–Crippen MR) is 167 cm³/mol. The molecule has 8 N–H and O–H groups in total. The van der Waals surface area contributed by atoms with Gasteiger partial charge in [0.2, 0.25) is 0 Å². The van der Waals surface area contributed by atoms with Crippen LogP contribution in [0.2, 0.25) is 20.1 Å². The lowest BCUT2D eigenvalue weighted by Gasteiger charge is -2.24.